The molecule has 0 radical (unpaired) electrons. The highest BCUT2D eigenvalue weighted by atomic mass is 16.2. The molecule has 238 valence electrons. The van der Waals surface area contributed by atoms with Crippen molar-refractivity contribution in [3.05, 3.63) is 90.3 Å². The average molecular weight is 627 g/mol. The van der Waals surface area contributed by atoms with Gasteiger partial charge in [0.1, 0.15) is 6.33 Å². The zero-order chi connectivity index (χ0) is 32.1. The van der Waals surface area contributed by atoms with E-state index in [0.717, 1.165) is 59.2 Å². The predicted octanol–water partition coefficient (Wildman–Crippen LogP) is 5.08. The number of carbonyl (C=O) groups excluding carboxylic acids is 2. The molecule has 3 aromatic carbocycles. The van der Waals surface area contributed by atoms with Gasteiger partial charge in [0, 0.05) is 55.4 Å². The molecule has 5 heterocycles. The number of aromatic nitrogens is 5. The van der Waals surface area contributed by atoms with Crippen molar-refractivity contribution in [3.8, 4) is 22.6 Å². The number of nitrogens with one attached hydrogen (secondary N) is 1. The van der Waals surface area contributed by atoms with Crippen LogP contribution in [0.4, 0.5) is 5.69 Å². The number of anilines is 1. The van der Waals surface area contributed by atoms with Crippen LogP contribution in [0, 0.1) is 12.3 Å². The molecule has 1 N–H and O–H groups in total. The number of carbonyl (C=O) groups is 2. The number of amides is 2. The molecule has 2 aromatic heterocycles. The molecule has 2 saturated heterocycles. The van der Waals surface area contributed by atoms with E-state index < -0.39 is 5.41 Å². The first kappa shape index (κ1) is 29.3. The third-order valence-electron chi connectivity index (χ3n) is 10.2. The van der Waals surface area contributed by atoms with Crippen LogP contribution < -0.4 is 4.90 Å². The molecule has 0 aliphatic carbocycles. The lowest BCUT2D eigenvalue weighted by molar-refractivity contribution is -0.132. The molecule has 5 aromatic rings. The zero-order valence-corrected chi connectivity index (χ0v) is 26.8. The van der Waals surface area contributed by atoms with Gasteiger partial charge >= 0.3 is 0 Å². The maximum Gasteiger partial charge on any atom is 0.237 e. The molecule has 1 atom stereocenters. The van der Waals surface area contributed by atoms with Gasteiger partial charge < -0.3 is 9.80 Å². The second-order valence-corrected chi connectivity index (χ2v) is 13.3. The van der Waals surface area contributed by atoms with E-state index >= 15 is 0 Å². The summed E-state index contributed by atoms with van der Waals surface area (Å²) in [6.45, 7) is 5.79. The Balaban J connectivity index is 0.894. The maximum atomic E-state index is 14.0. The Labute approximate surface area is 273 Å². The summed E-state index contributed by atoms with van der Waals surface area (Å²) in [5.41, 5.74) is 7.98. The van der Waals surface area contributed by atoms with E-state index in [2.05, 4.69) is 92.8 Å². The van der Waals surface area contributed by atoms with Crippen LogP contribution >= 0.6 is 0 Å². The van der Waals surface area contributed by atoms with Crippen LogP contribution in [0.25, 0.3) is 39.1 Å². The minimum Gasteiger partial charge on any atom is -0.338 e. The van der Waals surface area contributed by atoms with Gasteiger partial charge in [-0.05, 0) is 62.1 Å². The molecular weight excluding hydrogens is 588 g/mol. The summed E-state index contributed by atoms with van der Waals surface area (Å²) in [5, 5.41) is 13.1. The Morgan fingerprint density at radius 3 is 2.45 bits per heavy atom. The molecule has 8 rings (SSSR count). The third kappa shape index (κ3) is 5.42. The van der Waals surface area contributed by atoms with E-state index in [1.165, 1.54) is 16.7 Å². The van der Waals surface area contributed by atoms with Crippen LogP contribution in [-0.4, -0.2) is 85.8 Å². The Morgan fingerprint density at radius 1 is 0.936 bits per heavy atom. The van der Waals surface area contributed by atoms with Gasteiger partial charge in [0.05, 0.1) is 23.2 Å². The van der Waals surface area contributed by atoms with Crippen LogP contribution in [0.2, 0.25) is 0 Å². The molecule has 0 unspecified atom stereocenters. The van der Waals surface area contributed by atoms with Gasteiger partial charge in [-0.25, -0.2) is 4.98 Å². The minimum atomic E-state index is -0.433. The third-order valence-corrected chi connectivity index (χ3v) is 10.2. The molecule has 10 nitrogen and oxygen atoms in total. The van der Waals surface area contributed by atoms with Gasteiger partial charge in [0.25, 0.3) is 0 Å². The van der Waals surface area contributed by atoms with E-state index in [1.54, 1.807) is 11.0 Å². The highest BCUT2D eigenvalue weighted by Gasteiger charge is 2.51. The predicted molar refractivity (Wildman–Crippen MR) is 182 cm³/mol. The molecule has 1 spiro atoms. The van der Waals surface area contributed by atoms with Crippen LogP contribution in [0.3, 0.4) is 0 Å². The molecule has 2 fully saturated rings. The molecular formula is C37H38N8O2. The summed E-state index contributed by atoms with van der Waals surface area (Å²) in [4.78, 5) is 37.7. The van der Waals surface area contributed by atoms with Crippen LogP contribution in [0.1, 0.15) is 30.4 Å². The second kappa shape index (κ2) is 11.6. The first-order valence-corrected chi connectivity index (χ1v) is 16.4. The summed E-state index contributed by atoms with van der Waals surface area (Å²) in [5.74, 6) is 1.01. The van der Waals surface area contributed by atoms with Gasteiger partial charge in [-0.1, -0.05) is 60.2 Å². The number of hydrogen-bond donors (Lipinski definition) is 1. The Kier molecular flexibility index (Phi) is 7.24. The molecule has 3 aliphatic heterocycles. The molecule has 47 heavy (non-hydrogen) atoms. The fourth-order valence-electron chi connectivity index (χ4n) is 7.39. The van der Waals surface area contributed by atoms with Gasteiger partial charge in [-0.3, -0.25) is 24.3 Å². The lowest BCUT2D eigenvalue weighted by Gasteiger charge is -2.29. The van der Waals surface area contributed by atoms with E-state index in [-0.39, 0.29) is 11.8 Å². The van der Waals surface area contributed by atoms with Crippen LogP contribution in [-0.2, 0) is 16.6 Å². The molecule has 10 heteroatoms. The molecule has 0 bridgehead atoms. The van der Waals surface area contributed by atoms with Crippen molar-refractivity contribution in [1.29, 1.82) is 0 Å². The number of hydrogen-bond acceptors (Lipinski definition) is 6. The highest BCUT2D eigenvalue weighted by molar-refractivity contribution is 6.03. The molecule has 2 amide bonds. The normalized spacial score (nSPS) is 20.1. The number of aromatic amines is 1. The second-order valence-electron chi connectivity index (χ2n) is 13.3. The quantitative estimate of drug-likeness (QED) is 0.282. The first-order chi connectivity index (χ1) is 22.8. The summed E-state index contributed by atoms with van der Waals surface area (Å²) in [6.07, 6.45) is 6.27. The van der Waals surface area contributed by atoms with Crippen molar-refractivity contribution in [2.45, 2.75) is 26.2 Å². The van der Waals surface area contributed by atoms with Crippen molar-refractivity contribution in [2.75, 3.05) is 44.2 Å². The Hall–Kier alpha value is -5.09. The number of nitrogens with zero attached hydrogens (tertiary/aromatic N) is 7. The van der Waals surface area contributed by atoms with Gasteiger partial charge in [0.15, 0.2) is 5.82 Å². The van der Waals surface area contributed by atoms with Crippen molar-refractivity contribution in [1.82, 2.24) is 34.8 Å². The van der Waals surface area contributed by atoms with E-state index in [4.69, 9.17) is 0 Å². The fourth-order valence-corrected chi connectivity index (χ4v) is 7.39. The number of benzene rings is 3. The average Bonchev–Trinajstić information content (AvgIpc) is 3.89. The van der Waals surface area contributed by atoms with Crippen LogP contribution in [0.5, 0.6) is 0 Å². The Bertz CT molecular complexity index is 2010. The van der Waals surface area contributed by atoms with Crippen molar-refractivity contribution >= 4 is 34.0 Å². The first-order valence-electron chi connectivity index (χ1n) is 16.4. The van der Waals surface area contributed by atoms with Crippen LogP contribution in [0.15, 0.2) is 79.1 Å². The van der Waals surface area contributed by atoms with E-state index in [9.17, 15) is 9.59 Å². The van der Waals surface area contributed by atoms with Gasteiger partial charge in [-0.2, -0.15) is 10.2 Å². The number of aryl methyl sites for hydroxylation is 2. The van der Waals surface area contributed by atoms with Crippen molar-refractivity contribution < 1.29 is 9.59 Å². The van der Waals surface area contributed by atoms with Gasteiger partial charge in [0.2, 0.25) is 11.8 Å². The zero-order valence-electron chi connectivity index (χ0n) is 26.8. The standard InChI is InChI=1S/C37H38N8O2/c1-25-3-5-28(6-4-25)34-31-21-30(11-12-32(31)39-40-34)45-20-16-37(36(45)47)15-19-43(23-37)22-33(46)44-17-13-27(14-18-44)26-7-9-29(10-8-26)35-38-24-42(2)41-35/h3-13,21,24H,14-20,22-23H2,1-2H3,(H,39,40)/t37-/m0/s1. The van der Waals surface area contributed by atoms with Gasteiger partial charge in [-0.15, -0.1) is 0 Å². The summed E-state index contributed by atoms with van der Waals surface area (Å²) in [6, 6.07) is 22.8. The molecule has 0 saturated carbocycles. The van der Waals surface area contributed by atoms with Crippen molar-refractivity contribution in [2.24, 2.45) is 12.5 Å². The summed E-state index contributed by atoms with van der Waals surface area (Å²) < 4.78 is 1.70. The monoisotopic (exact) mass is 626 g/mol. The van der Waals surface area contributed by atoms with E-state index in [1.807, 2.05) is 29.0 Å². The lowest BCUT2D eigenvalue weighted by atomic mass is 9.85. The smallest absolute Gasteiger partial charge is 0.237 e. The topological polar surface area (TPSA) is 103 Å². The Morgan fingerprint density at radius 2 is 1.70 bits per heavy atom. The maximum absolute atomic E-state index is 14.0. The lowest BCUT2D eigenvalue weighted by Crippen LogP contribution is -2.43. The highest BCUT2D eigenvalue weighted by Crippen LogP contribution is 2.43. The van der Waals surface area contributed by atoms with Crippen molar-refractivity contribution in [3.63, 3.8) is 0 Å². The fraction of sp³-hybridized carbons (Fsp3) is 0.324. The number of likely N-dealkylation sites (tertiary alicyclic amines) is 1. The number of rotatable bonds is 6. The largest absolute Gasteiger partial charge is 0.338 e. The minimum absolute atomic E-state index is 0.130. The summed E-state index contributed by atoms with van der Waals surface area (Å²) >= 11 is 0. The SMILES string of the molecule is Cc1ccc(-c2n[nH]c3ccc(N4CC[C@]5(CCN(CC(=O)N6CC=C(c7ccc(-c8ncn(C)n8)cc7)CC6)C5)C4=O)cc23)cc1. The summed E-state index contributed by atoms with van der Waals surface area (Å²) in [7, 11) is 1.86. The number of H-pyrrole nitrogens is 1. The number of fused-ring (bicyclic) bond motifs is 1. The molecule has 3 aliphatic rings. The van der Waals surface area contributed by atoms with E-state index in [0.29, 0.717) is 38.5 Å².